The van der Waals surface area contributed by atoms with Crippen LogP contribution in [0, 0.1) is 0 Å². The van der Waals surface area contributed by atoms with E-state index in [0.29, 0.717) is 18.7 Å². The number of rotatable bonds is 0. The Morgan fingerprint density at radius 3 is 2.82 bits per heavy atom. The maximum Gasteiger partial charge on any atom is 0.276 e. The molecular weight excluding hydrogens is 282 g/mol. The van der Waals surface area contributed by atoms with Crippen molar-refractivity contribution < 1.29 is 9.59 Å². The molecular formula is C15H15N5O2. The summed E-state index contributed by atoms with van der Waals surface area (Å²) in [6, 6.07) is 7.34. The highest BCUT2D eigenvalue weighted by Gasteiger charge is 2.42. The second-order valence-corrected chi connectivity index (χ2v) is 5.55. The number of benzene rings is 1. The van der Waals surface area contributed by atoms with Gasteiger partial charge in [-0.05, 0) is 23.6 Å². The number of anilines is 1. The number of fused-ring (bicyclic) bond motifs is 3. The van der Waals surface area contributed by atoms with Crippen molar-refractivity contribution in [2.45, 2.75) is 18.4 Å². The molecule has 22 heavy (non-hydrogen) atoms. The second-order valence-electron chi connectivity index (χ2n) is 5.55. The maximum atomic E-state index is 12.3. The lowest BCUT2D eigenvalue weighted by Crippen LogP contribution is -2.38. The molecule has 4 rings (SSSR count). The van der Waals surface area contributed by atoms with Gasteiger partial charge in [-0.15, -0.1) is 0 Å². The summed E-state index contributed by atoms with van der Waals surface area (Å²) in [5, 5.41) is 8.64. The lowest BCUT2D eigenvalue weighted by Gasteiger charge is -2.18. The molecule has 0 spiro atoms. The van der Waals surface area contributed by atoms with Gasteiger partial charge in [-0.3, -0.25) is 14.9 Å². The van der Waals surface area contributed by atoms with Crippen LogP contribution in [0.1, 0.15) is 17.9 Å². The van der Waals surface area contributed by atoms with E-state index in [2.05, 4.69) is 20.9 Å². The minimum atomic E-state index is -0.424. The van der Waals surface area contributed by atoms with Crippen LogP contribution in [0.25, 0.3) is 0 Å². The number of guanidine groups is 1. The van der Waals surface area contributed by atoms with E-state index in [0.717, 1.165) is 16.8 Å². The van der Waals surface area contributed by atoms with Crippen LogP contribution in [-0.4, -0.2) is 30.4 Å². The number of hydrogen-bond acceptors (Lipinski definition) is 5. The quantitative estimate of drug-likeness (QED) is 0.496. The van der Waals surface area contributed by atoms with Crippen LogP contribution in [0.15, 0.2) is 40.5 Å². The van der Waals surface area contributed by atoms with Crippen molar-refractivity contribution >= 4 is 23.5 Å². The Hall–Kier alpha value is -2.83. The van der Waals surface area contributed by atoms with Crippen LogP contribution in [0.2, 0.25) is 0 Å². The summed E-state index contributed by atoms with van der Waals surface area (Å²) >= 11 is 0. The molecule has 1 fully saturated rings. The van der Waals surface area contributed by atoms with Gasteiger partial charge in [0.2, 0.25) is 11.9 Å². The molecule has 3 aliphatic rings. The summed E-state index contributed by atoms with van der Waals surface area (Å²) in [5.74, 6) is -0.460. The minimum Gasteiger partial charge on any atom is -0.373 e. The first-order valence-electron chi connectivity index (χ1n) is 7.17. The predicted octanol–water partition coefficient (Wildman–Crippen LogP) is -0.217. The lowest BCUT2D eigenvalue weighted by atomic mass is 9.85. The van der Waals surface area contributed by atoms with Crippen molar-refractivity contribution in [1.82, 2.24) is 10.6 Å². The third kappa shape index (κ3) is 1.78. The van der Waals surface area contributed by atoms with E-state index in [1.165, 1.54) is 0 Å². The molecule has 1 saturated heterocycles. The molecule has 1 aromatic rings. The monoisotopic (exact) mass is 297 g/mol. The smallest absolute Gasteiger partial charge is 0.276 e. The highest BCUT2D eigenvalue weighted by molar-refractivity contribution is 6.11. The molecule has 1 aromatic carbocycles. The molecule has 2 atom stereocenters. The summed E-state index contributed by atoms with van der Waals surface area (Å²) in [4.78, 5) is 28.5. The molecule has 0 aromatic heterocycles. The fourth-order valence-electron chi connectivity index (χ4n) is 3.38. The van der Waals surface area contributed by atoms with E-state index in [1.807, 2.05) is 24.3 Å². The van der Waals surface area contributed by atoms with Crippen LogP contribution >= 0.6 is 0 Å². The maximum absolute atomic E-state index is 12.3. The molecule has 5 N–H and O–H groups in total. The average molecular weight is 297 g/mol. The highest BCUT2D eigenvalue weighted by atomic mass is 16.2. The van der Waals surface area contributed by atoms with Gasteiger partial charge < -0.3 is 16.4 Å². The minimum absolute atomic E-state index is 0.0628. The van der Waals surface area contributed by atoms with E-state index in [4.69, 9.17) is 5.73 Å². The molecule has 0 saturated carbocycles. The Labute approximate surface area is 126 Å². The zero-order valence-electron chi connectivity index (χ0n) is 11.7. The molecule has 112 valence electrons. The number of carbonyl (C=O) groups excluding carboxylic acids is 2. The third-order valence-corrected chi connectivity index (χ3v) is 4.28. The van der Waals surface area contributed by atoms with Crippen molar-refractivity contribution in [2.75, 3.05) is 11.9 Å². The van der Waals surface area contributed by atoms with E-state index < -0.39 is 6.04 Å². The molecule has 0 bridgehead atoms. The van der Waals surface area contributed by atoms with Crippen molar-refractivity contribution in [3.05, 3.63) is 41.1 Å². The van der Waals surface area contributed by atoms with Crippen LogP contribution < -0.4 is 21.7 Å². The summed E-state index contributed by atoms with van der Waals surface area (Å²) < 4.78 is 0. The van der Waals surface area contributed by atoms with Crippen LogP contribution in [-0.2, 0) is 9.59 Å². The number of nitrogens with zero attached hydrogens (tertiary/aromatic N) is 1. The SMILES string of the molecule is NC1=NC(=C2CCNC(=O)C3Nc4ccccc4C23)C(=O)N1. The van der Waals surface area contributed by atoms with Gasteiger partial charge in [-0.25, -0.2) is 4.99 Å². The van der Waals surface area contributed by atoms with Crippen molar-refractivity contribution in [3.63, 3.8) is 0 Å². The van der Waals surface area contributed by atoms with Gasteiger partial charge >= 0.3 is 0 Å². The topological polar surface area (TPSA) is 109 Å². The molecule has 0 aliphatic carbocycles. The number of amides is 2. The fraction of sp³-hybridized carbons (Fsp3) is 0.267. The van der Waals surface area contributed by atoms with Gasteiger partial charge in [0.15, 0.2) is 0 Å². The molecule has 7 nitrogen and oxygen atoms in total. The Morgan fingerprint density at radius 2 is 2.05 bits per heavy atom. The number of aliphatic imine (C=N–C) groups is 1. The Kier molecular flexibility index (Phi) is 2.69. The lowest BCUT2D eigenvalue weighted by molar-refractivity contribution is -0.121. The zero-order valence-corrected chi connectivity index (χ0v) is 11.7. The third-order valence-electron chi connectivity index (χ3n) is 4.28. The molecule has 2 amide bonds. The Morgan fingerprint density at radius 1 is 1.23 bits per heavy atom. The van der Waals surface area contributed by atoms with Gasteiger partial charge in [-0.2, -0.15) is 0 Å². The van der Waals surface area contributed by atoms with Crippen LogP contribution in [0.3, 0.4) is 0 Å². The second kappa shape index (κ2) is 4.59. The number of carbonyl (C=O) groups is 2. The normalized spacial score (nSPS) is 29.7. The van der Waals surface area contributed by atoms with E-state index in [1.54, 1.807) is 0 Å². The fourth-order valence-corrected chi connectivity index (χ4v) is 3.38. The van der Waals surface area contributed by atoms with Crippen molar-refractivity contribution in [3.8, 4) is 0 Å². The van der Waals surface area contributed by atoms with Gasteiger partial charge in [-0.1, -0.05) is 18.2 Å². The largest absolute Gasteiger partial charge is 0.373 e. The van der Waals surface area contributed by atoms with E-state index in [9.17, 15) is 9.59 Å². The molecule has 3 heterocycles. The van der Waals surface area contributed by atoms with Gasteiger partial charge in [0, 0.05) is 18.2 Å². The van der Waals surface area contributed by atoms with Gasteiger partial charge in [0.25, 0.3) is 5.91 Å². The number of hydrogen-bond donors (Lipinski definition) is 4. The van der Waals surface area contributed by atoms with E-state index in [-0.39, 0.29) is 23.7 Å². The van der Waals surface area contributed by atoms with Crippen LogP contribution in [0.5, 0.6) is 0 Å². The average Bonchev–Trinajstić information content (AvgIpc) is 2.99. The summed E-state index contributed by atoms with van der Waals surface area (Å²) in [5.41, 5.74) is 8.72. The number of nitrogens with one attached hydrogen (secondary N) is 3. The molecule has 0 radical (unpaired) electrons. The summed E-state index contributed by atoms with van der Waals surface area (Å²) in [6.07, 6.45) is 0.572. The predicted molar refractivity (Wildman–Crippen MR) is 81.0 cm³/mol. The summed E-state index contributed by atoms with van der Waals surface area (Å²) in [7, 11) is 0. The summed E-state index contributed by atoms with van der Waals surface area (Å²) in [6.45, 7) is 0.483. The molecule has 3 aliphatic heterocycles. The van der Waals surface area contributed by atoms with Gasteiger partial charge in [0.1, 0.15) is 11.7 Å². The molecule has 2 unspecified atom stereocenters. The first-order valence-corrected chi connectivity index (χ1v) is 7.17. The van der Waals surface area contributed by atoms with Crippen molar-refractivity contribution in [1.29, 1.82) is 0 Å². The van der Waals surface area contributed by atoms with Gasteiger partial charge in [0.05, 0.1) is 0 Å². The Balaban J connectivity index is 1.90. The first kappa shape index (κ1) is 12.9. The zero-order chi connectivity index (χ0) is 15.3. The van der Waals surface area contributed by atoms with Crippen molar-refractivity contribution in [2.24, 2.45) is 10.7 Å². The van der Waals surface area contributed by atoms with E-state index >= 15 is 0 Å². The Bertz CT molecular complexity index is 752. The standard InChI is InChI=1S/C15H15N5O2/c16-15-19-11(14(22)20-15)8-5-6-17-13(21)12-10(8)7-3-1-2-4-9(7)18-12/h1-4,10,12,18H,5-6H2,(H,17,21)(H3,16,19,20,22). The molecule has 7 heteroatoms. The first-order chi connectivity index (χ1) is 10.6. The highest BCUT2D eigenvalue weighted by Crippen LogP contribution is 2.44. The van der Waals surface area contributed by atoms with Crippen LogP contribution in [0.4, 0.5) is 5.69 Å². The number of nitrogens with two attached hydrogens (primary N) is 1. The number of para-hydroxylation sites is 1.